The van der Waals surface area contributed by atoms with Gasteiger partial charge < -0.3 is 21.6 Å². The molecule has 1 aromatic carbocycles. The molecule has 1 aromatic rings. The van der Waals surface area contributed by atoms with Crippen LogP contribution in [0.4, 0.5) is 0 Å². The Balaban J connectivity index is 0.00000450. The lowest BCUT2D eigenvalue weighted by atomic mass is 10.0. The molecule has 0 N–H and O–H groups in total. The Hall–Kier alpha value is -1.32. The summed E-state index contributed by atoms with van der Waals surface area (Å²) in [5.74, 6) is -0.00503. The first kappa shape index (κ1) is 26.7. The van der Waals surface area contributed by atoms with Crippen LogP contribution in [0, 0.1) is 0 Å². The van der Waals surface area contributed by atoms with Crippen molar-refractivity contribution in [1.82, 2.24) is 0 Å². The number of allylic oxidation sites excluding steroid dienone is 1. The molecule has 1 aliphatic heterocycles. The Labute approximate surface area is 190 Å². The van der Waals surface area contributed by atoms with Gasteiger partial charge >= 0.3 is 5.97 Å². The van der Waals surface area contributed by atoms with Crippen LogP contribution < -0.4 is 12.4 Å². The number of piperidine rings is 1. The Morgan fingerprint density at radius 3 is 2.37 bits per heavy atom. The highest BCUT2D eigenvalue weighted by molar-refractivity contribution is 5.70. The predicted octanol–water partition coefficient (Wildman–Crippen LogP) is 3.08. The van der Waals surface area contributed by atoms with Crippen molar-refractivity contribution in [2.45, 2.75) is 78.1 Å². The fourth-order valence-corrected chi connectivity index (χ4v) is 4.32. The smallest absolute Gasteiger partial charge is 0.361 e. The van der Waals surface area contributed by atoms with Gasteiger partial charge in [0.05, 0.1) is 26.2 Å². The second kappa shape index (κ2) is 15.5. The van der Waals surface area contributed by atoms with Gasteiger partial charge in [-0.1, -0.05) is 74.9 Å². The maximum Gasteiger partial charge on any atom is 0.361 e. The summed E-state index contributed by atoms with van der Waals surface area (Å²) in [5.41, 5.74) is 2.74. The minimum Gasteiger partial charge on any atom is -1.00 e. The van der Waals surface area contributed by atoms with Crippen molar-refractivity contribution >= 4 is 5.97 Å². The maximum atomic E-state index is 12.5. The number of nitrogens with zero attached hydrogens (tertiary/aromatic N) is 1. The molecule has 1 saturated heterocycles. The average Bonchev–Trinajstić information content (AvgIpc) is 2.73. The summed E-state index contributed by atoms with van der Waals surface area (Å²) in [6.07, 6.45) is 14.4. The second-order valence-electron chi connectivity index (χ2n) is 8.89. The maximum absolute atomic E-state index is 12.5. The predicted molar refractivity (Wildman–Crippen MR) is 122 cm³/mol. The van der Waals surface area contributed by atoms with E-state index in [1.54, 1.807) is 0 Å². The molecule has 170 valence electrons. The summed E-state index contributed by atoms with van der Waals surface area (Å²) >= 11 is 0. The summed E-state index contributed by atoms with van der Waals surface area (Å²) in [6.45, 7) is 8.72. The Bertz CT molecular complexity index is 609. The van der Waals surface area contributed by atoms with Crippen molar-refractivity contribution in [3.05, 3.63) is 47.5 Å². The Morgan fingerprint density at radius 2 is 1.67 bits per heavy atom. The van der Waals surface area contributed by atoms with E-state index in [0.29, 0.717) is 13.2 Å². The van der Waals surface area contributed by atoms with E-state index in [-0.39, 0.29) is 18.4 Å². The lowest BCUT2D eigenvalue weighted by Crippen LogP contribution is -3.00. The molecule has 30 heavy (non-hydrogen) atoms. The molecule has 3 nitrogen and oxygen atoms in total. The van der Waals surface area contributed by atoms with E-state index in [1.807, 2.05) is 0 Å². The third-order valence-corrected chi connectivity index (χ3v) is 6.14. The molecular weight excluding hydrogens is 394 g/mol. The topological polar surface area (TPSA) is 26.3 Å². The molecule has 0 bridgehead atoms. The number of quaternary nitrogens is 1. The van der Waals surface area contributed by atoms with Crippen molar-refractivity contribution in [2.75, 3.05) is 32.8 Å². The normalized spacial score (nSPS) is 16.0. The van der Waals surface area contributed by atoms with Crippen LogP contribution in [-0.2, 0) is 16.0 Å². The third-order valence-electron chi connectivity index (χ3n) is 6.14. The number of carbonyl (C=O) groups is 1. The Morgan fingerprint density at radius 1 is 1.00 bits per heavy atom. The monoisotopic (exact) mass is 435 g/mol. The molecule has 0 aliphatic carbocycles. The van der Waals surface area contributed by atoms with E-state index in [1.165, 1.54) is 62.5 Å². The molecule has 0 unspecified atom stereocenters. The fraction of sp³-hybridized carbons (Fsp3) is 0.654. The standard InChI is InChI=1S/C26H42NO2.ClH/c1-3-4-5-6-7-14-21-29-26(28)23-27(18-12-9-13-19-27)20-17-24(2)22-25-15-10-8-11-16-25;/h8,10-11,15-17H,3-7,9,12-14,18-23H2,1-2H3;1H/q+1;/p-1/b24-17+;. The van der Waals surface area contributed by atoms with Gasteiger partial charge in [-0.3, -0.25) is 0 Å². The minimum atomic E-state index is -0.00503. The van der Waals surface area contributed by atoms with Crippen LogP contribution in [0.3, 0.4) is 0 Å². The number of likely N-dealkylation sites (tertiary alicyclic amines) is 1. The zero-order valence-electron chi connectivity index (χ0n) is 19.2. The van der Waals surface area contributed by atoms with Crippen LogP contribution in [0.2, 0.25) is 0 Å². The molecule has 4 heteroatoms. The number of carbonyl (C=O) groups excluding carboxylic acids is 1. The van der Waals surface area contributed by atoms with Gasteiger partial charge in [-0.2, -0.15) is 0 Å². The molecule has 1 aliphatic rings. The first-order valence-electron chi connectivity index (χ1n) is 11.8. The molecule has 0 radical (unpaired) electrons. The quantitative estimate of drug-likeness (QED) is 0.206. The van der Waals surface area contributed by atoms with Gasteiger partial charge in [0.25, 0.3) is 0 Å². The molecule has 0 amide bonds. The van der Waals surface area contributed by atoms with E-state index in [2.05, 4.69) is 50.3 Å². The highest BCUT2D eigenvalue weighted by atomic mass is 35.5. The molecule has 2 rings (SSSR count). The summed E-state index contributed by atoms with van der Waals surface area (Å²) in [6, 6.07) is 10.6. The fourth-order valence-electron chi connectivity index (χ4n) is 4.32. The van der Waals surface area contributed by atoms with Crippen LogP contribution in [0.25, 0.3) is 0 Å². The highest BCUT2D eigenvalue weighted by Gasteiger charge is 2.32. The van der Waals surface area contributed by atoms with Crippen molar-refractivity contribution in [1.29, 1.82) is 0 Å². The lowest BCUT2D eigenvalue weighted by Gasteiger charge is -2.40. The van der Waals surface area contributed by atoms with E-state index < -0.39 is 0 Å². The molecule has 0 atom stereocenters. The largest absolute Gasteiger partial charge is 1.00 e. The SMILES string of the molecule is CCCCCCCCOC(=O)C[N+]1(C/C=C(\C)Cc2ccccc2)CCCCC1.[Cl-]. The Kier molecular flexibility index (Phi) is 13.8. The summed E-state index contributed by atoms with van der Waals surface area (Å²) in [4.78, 5) is 12.5. The third kappa shape index (κ3) is 10.6. The van der Waals surface area contributed by atoms with Crippen LogP contribution in [0.1, 0.15) is 77.2 Å². The zero-order chi connectivity index (χ0) is 20.8. The molecule has 0 saturated carbocycles. The second-order valence-corrected chi connectivity index (χ2v) is 8.89. The average molecular weight is 436 g/mol. The number of benzene rings is 1. The molecule has 0 spiro atoms. The van der Waals surface area contributed by atoms with Crippen LogP contribution in [-0.4, -0.2) is 43.2 Å². The van der Waals surface area contributed by atoms with Crippen LogP contribution >= 0.6 is 0 Å². The van der Waals surface area contributed by atoms with E-state index >= 15 is 0 Å². The van der Waals surface area contributed by atoms with E-state index in [4.69, 9.17) is 4.74 Å². The van der Waals surface area contributed by atoms with Gasteiger partial charge in [0.15, 0.2) is 6.54 Å². The summed E-state index contributed by atoms with van der Waals surface area (Å²) < 4.78 is 6.48. The van der Waals surface area contributed by atoms with E-state index in [0.717, 1.165) is 37.0 Å². The van der Waals surface area contributed by atoms with Crippen LogP contribution in [0.15, 0.2) is 42.0 Å². The van der Waals surface area contributed by atoms with Crippen molar-refractivity contribution in [3.63, 3.8) is 0 Å². The number of rotatable bonds is 13. The molecular formula is C26H42ClNO2. The van der Waals surface area contributed by atoms with Crippen molar-refractivity contribution in [2.24, 2.45) is 0 Å². The number of ether oxygens (including phenoxy) is 1. The van der Waals surface area contributed by atoms with Crippen molar-refractivity contribution < 1.29 is 26.4 Å². The highest BCUT2D eigenvalue weighted by Crippen LogP contribution is 2.20. The summed E-state index contributed by atoms with van der Waals surface area (Å²) in [7, 11) is 0. The summed E-state index contributed by atoms with van der Waals surface area (Å²) in [5, 5.41) is 0. The van der Waals surface area contributed by atoms with Gasteiger partial charge in [0.1, 0.15) is 0 Å². The zero-order valence-corrected chi connectivity index (χ0v) is 20.0. The number of esters is 1. The molecule has 1 heterocycles. The van der Waals surface area contributed by atoms with Gasteiger partial charge in [-0.15, -0.1) is 0 Å². The first-order valence-corrected chi connectivity index (χ1v) is 11.8. The first-order chi connectivity index (χ1) is 14.1. The lowest BCUT2D eigenvalue weighted by molar-refractivity contribution is -0.920. The van der Waals surface area contributed by atoms with Gasteiger partial charge in [0, 0.05) is 0 Å². The van der Waals surface area contributed by atoms with Gasteiger partial charge in [0.2, 0.25) is 0 Å². The van der Waals surface area contributed by atoms with Crippen LogP contribution in [0.5, 0.6) is 0 Å². The van der Waals surface area contributed by atoms with Gasteiger partial charge in [-0.05, 0) is 50.7 Å². The van der Waals surface area contributed by atoms with Gasteiger partial charge in [-0.25, -0.2) is 4.79 Å². The number of unbranched alkanes of at least 4 members (excludes halogenated alkanes) is 5. The minimum absolute atomic E-state index is 0. The number of hydrogen-bond acceptors (Lipinski definition) is 2. The van der Waals surface area contributed by atoms with Crippen molar-refractivity contribution in [3.8, 4) is 0 Å². The molecule has 0 aromatic heterocycles. The number of halogens is 1. The number of hydrogen-bond donors (Lipinski definition) is 0. The molecule has 1 fully saturated rings. The van der Waals surface area contributed by atoms with E-state index in [9.17, 15) is 4.79 Å².